The molecule has 32 heteroatoms. The lowest BCUT2D eigenvalue weighted by Crippen LogP contribution is -2.71. The van der Waals surface area contributed by atoms with Gasteiger partial charge in [0.05, 0.1) is 58.6 Å². The van der Waals surface area contributed by atoms with Gasteiger partial charge in [-0.2, -0.15) is 0 Å². The number of nitrogens with one attached hydrogen (secondary N) is 2. The molecule has 7 rings (SSSR count). The van der Waals surface area contributed by atoms with Gasteiger partial charge >= 0.3 is 42.5 Å². The number of carboxylic acid groups (broad SMARTS) is 1. The number of aromatic nitrogens is 1. The van der Waals surface area contributed by atoms with Crippen molar-refractivity contribution in [2.24, 2.45) is 0 Å². The van der Waals surface area contributed by atoms with Gasteiger partial charge in [-0.05, 0) is 81.5 Å². The van der Waals surface area contributed by atoms with Crippen LogP contribution in [0, 0.1) is 0 Å². The predicted octanol–water partition coefficient (Wildman–Crippen LogP) is 6.58. The van der Waals surface area contributed by atoms with Crippen LogP contribution in [-0.2, 0) is 49.4 Å². The number of β-lactam (4-membered cyclic amide) rings is 1. The van der Waals surface area contributed by atoms with Gasteiger partial charge in [0.15, 0.2) is 34.3 Å². The van der Waals surface area contributed by atoms with Crippen LogP contribution in [0.5, 0.6) is 28.7 Å². The summed E-state index contributed by atoms with van der Waals surface area (Å²) in [5, 5.41) is 14.6. The first-order valence-electron chi connectivity index (χ1n) is 29.1. The second kappa shape index (κ2) is 32.6. The van der Waals surface area contributed by atoms with E-state index >= 15 is 0 Å². The molecule has 3 heterocycles. The number of para-hydroxylation sites is 3. The van der Waals surface area contributed by atoms with Crippen LogP contribution in [0.3, 0.4) is 0 Å². The van der Waals surface area contributed by atoms with E-state index < -0.39 is 130 Å². The van der Waals surface area contributed by atoms with Crippen molar-refractivity contribution in [1.82, 2.24) is 29.9 Å². The van der Waals surface area contributed by atoms with Crippen molar-refractivity contribution in [1.29, 1.82) is 0 Å². The Morgan fingerprint density at radius 1 is 0.585 bits per heavy atom. The lowest BCUT2D eigenvalue weighted by molar-refractivity contribution is -0.161. The Kier molecular flexibility index (Phi) is 24.5. The number of carboxylic acids is 1. The summed E-state index contributed by atoms with van der Waals surface area (Å²) in [6, 6.07) is 16.0. The third-order valence-corrected chi connectivity index (χ3v) is 16.4. The molecule has 31 nitrogen and oxygen atoms in total. The van der Waals surface area contributed by atoms with Crippen molar-refractivity contribution in [3.05, 3.63) is 123 Å². The first kappa shape index (κ1) is 70.8. The first-order chi connectivity index (χ1) is 45.0. The van der Waals surface area contributed by atoms with E-state index in [0.29, 0.717) is 44.9 Å². The molecule has 2 saturated heterocycles. The van der Waals surface area contributed by atoms with Crippen LogP contribution in [0.4, 0.5) is 24.0 Å². The van der Waals surface area contributed by atoms with E-state index in [2.05, 4.69) is 34.3 Å². The SMILES string of the molecule is COC(=O)Oc1cccc(C(=O)N(CCCCCCN(CC(=O)NC(C(=O)N[C@@H]2C(=O)N3[C@@H]2SC(C)(C)[C@@H]3C(=O)O)c2ccccc2)C(=O)c2cccc(OC(=O)OC)c2OC(=O)OC)CCCCCCn2c(=O)oc3c(OC(=O)OC)cccc3c2=O)c1OC(=O)OC. The normalized spacial score (nSPS) is 15.3. The summed E-state index contributed by atoms with van der Waals surface area (Å²) in [7, 11) is 5.15. The van der Waals surface area contributed by atoms with E-state index in [-0.39, 0.29) is 71.8 Å². The number of nitrogens with zero attached hydrogens (tertiary/aromatic N) is 4. The van der Waals surface area contributed by atoms with Crippen molar-refractivity contribution in [2.75, 3.05) is 61.7 Å². The topological polar surface area (TPSA) is 386 Å². The minimum atomic E-state index is -1.47. The number of carbonyl (C=O) groups excluding carboxylic acids is 10. The molecule has 1 unspecified atom stereocenters. The summed E-state index contributed by atoms with van der Waals surface area (Å²) in [6.45, 7) is 2.50. The molecule has 94 heavy (non-hydrogen) atoms. The molecule has 0 spiro atoms. The molecule has 0 radical (unpaired) electrons. The Labute approximate surface area is 539 Å². The van der Waals surface area contributed by atoms with Crippen molar-refractivity contribution < 1.29 is 110 Å². The fourth-order valence-corrected chi connectivity index (χ4v) is 11.9. The van der Waals surface area contributed by atoms with E-state index in [1.807, 2.05) is 0 Å². The second-order valence-corrected chi connectivity index (χ2v) is 23.1. The van der Waals surface area contributed by atoms with Crippen LogP contribution in [0.25, 0.3) is 11.0 Å². The van der Waals surface area contributed by atoms with Crippen LogP contribution in [0.1, 0.15) is 97.5 Å². The summed E-state index contributed by atoms with van der Waals surface area (Å²) in [6.07, 6.45) is -3.39. The predicted molar refractivity (Wildman–Crippen MR) is 327 cm³/mol. The molecule has 502 valence electrons. The Hall–Kier alpha value is -10.7. The molecule has 1 aromatic heterocycles. The van der Waals surface area contributed by atoms with Crippen LogP contribution < -0.4 is 45.6 Å². The van der Waals surface area contributed by atoms with Gasteiger partial charge in [-0.3, -0.25) is 28.8 Å². The fourth-order valence-electron chi connectivity index (χ4n) is 10.3. The van der Waals surface area contributed by atoms with Crippen LogP contribution in [-0.4, -0.2) is 175 Å². The molecule has 0 bridgehead atoms. The molecule has 3 N–H and O–H groups in total. The zero-order valence-electron chi connectivity index (χ0n) is 52.0. The van der Waals surface area contributed by atoms with Gasteiger partial charge in [0.25, 0.3) is 17.4 Å². The maximum atomic E-state index is 14.8. The van der Waals surface area contributed by atoms with Gasteiger partial charge < -0.3 is 82.2 Å². The number of fused-ring (bicyclic) bond motifs is 2. The number of methoxy groups -OCH3 is 5. The van der Waals surface area contributed by atoms with Gasteiger partial charge in [0, 0.05) is 30.9 Å². The van der Waals surface area contributed by atoms with Crippen molar-refractivity contribution >= 4 is 89.0 Å². The van der Waals surface area contributed by atoms with Crippen LogP contribution in [0.15, 0.2) is 98.9 Å². The average Bonchev–Trinajstić information content (AvgIpc) is 1.55. The third-order valence-electron chi connectivity index (χ3n) is 14.8. The maximum absolute atomic E-state index is 14.8. The number of amides is 5. The minimum Gasteiger partial charge on any atom is -0.480 e. The Morgan fingerprint density at radius 3 is 1.57 bits per heavy atom. The van der Waals surface area contributed by atoms with E-state index in [4.69, 9.17) is 28.1 Å². The van der Waals surface area contributed by atoms with E-state index in [9.17, 15) is 67.4 Å². The molecule has 2 aliphatic rings. The minimum absolute atomic E-state index is 0.0250. The number of aliphatic carboxylic acids is 1. The Bertz CT molecular complexity index is 3800. The van der Waals surface area contributed by atoms with E-state index in [1.165, 1.54) is 76.2 Å². The summed E-state index contributed by atoms with van der Waals surface area (Å²) < 4.78 is 54.6. The van der Waals surface area contributed by atoms with Gasteiger partial charge in [-0.1, -0.05) is 74.2 Å². The highest BCUT2D eigenvalue weighted by atomic mass is 32.2. The first-order valence-corrected chi connectivity index (χ1v) is 30.0. The fraction of sp³-hybridized carbons (Fsp3) is 0.403. The average molecular weight is 1330 g/mol. The zero-order chi connectivity index (χ0) is 68.4. The molecule has 2 fully saturated rings. The van der Waals surface area contributed by atoms with Gasteiger partial charge in [0.2, 0.25) is 17.7 Å². The summed E-state index contributed by atoms with van der Waals surface area (Å²) >= 11 is 1.20. The molecular formula is C62H68N6O25S. The molecule has 0 saturated carbocycles. The van der Waals surface area contributed by atoms with Crippen LogP contribution >= 0.6 is 11.8 Å². The standard InChI is InChI=1S/C62H68N6O25S/c1-62(2)48(55(75)76)68-53(74)44(54(68)94-62)64-49(70)43(35-22-13-12-14-23-35)63-42(69)34-66(51(72)37-25-20-29-41(90-59(80)85-5)47(37)93-61(82)87-7)32-17-9-8-15-30-65(50(71)36-24-19-28-40(89-58(79)84-4)46(36)92-60(81)86-6)31-16-10-11-18-33-67-52(73)38-26-21-27-39(88-57(78)83-3)45(38)91-56(67)77/h12-14,19-29,43-44,48,54H,8-11,15-18,30-34H2,1-7H3,(H,63,69)(H,64,70)(H,75,76)/t43?,44-,48+,54-/m1/s1. The number of carbonyl (C=O) groups is 11. The largest absolute Gasteiger partial charge is 0.513 e. The number of hydrogen-bond donors (Lipinski definition) is 3. The number of rotatable bonds is 28. The van der Waals surface area contributed by atoms with Crippen LogP contribution in [0.2, 0.25) is 0 Å². The molecule has 2 aliphatic heterocycles. The third kappa shape index (κ3) is 17.3. The lowest BCUT2D eigenvalue weighted by Gasteiger charge is -2.44. The highest BCUT2D eigenvalue weighted by Crippen LogP contribution is 2.51. The number of benzene rings is 4. The van der Waals surface area contributed by atoms with Gasteiger partial charge in [-0.15, -0.1) is 11.8 Å². The summed E-state index contributed by atoms with van der Waals surface area (Å²) in [5.41, 5.74) is -1.25. The summed E-state index contributed by atoms with van der Waals surface area (Å²) in [4.78, 5) is 176. The Balaban J connectivity index is 1.09. The lowest BCUT2D eigenvalue weighted by atomic mass is 9.95. The monoisotopic (exact) mass is 1330 g/mol. The van der Waals surface area contributed by atoms with Crippen molar-refractivity contribution in [3.63, 3.8) is 0 Å². The number of thioether (sulfide) groups is 1. The highest BCUT2D eigenvalue weighted by Gasteiger charge is 2.64. The van der Waals surface area contributed by atoms with E-state index in [1.54, 1.807) is 44.2 Å². The molecule has 5 aromatic rings. The van der Waals surface area contributed by atoms with E-state index in [0.717, 1.165) is 45.0 Å². The zero-order valence-corrected chi connectivity index (χ0v) is 52.8. The second-order valence-electron chi connectivity index (χ2n) is 21.3. The highest BCUT2D eigenvalue weighted by molar-refractivity contribution is 8.01. The quantitative estimate of drug-likeness (QED) is 0.0156. The molecule has 5 amide bonds. The molecule has 0 aliphatic carbocycles. The molecule has 4 atom stereocenters. The summed E-state index contributed by atoms with van der Waals surface area (Å²) in [5.74, 6) is -8.20. The number of ether oxygens (including phenoxy) is 10. The van der Waals surface area contributed by atoms with Crippen molar-refractivity contribution in [2.45, 2.75) is 100 Å². The number of unbranched alkanes of at least 4 members (excludes halogenated alkanes) is 6. The number of hydrogen-bond acceptors (Lipinski definition) is 25. The van der Waals surface area contributed by atoms with Gasteiger partial charge in [-0.25, -0.2) is 38.1 Å². The maximum Gasteiger partial charge on any atom is 0.513 e. The molecule has 4 aromatic carbocycles. The van der Waals surface area contributed by atoms with Gasteiger partial charge in [0.1, 0.15) is 23.5 Å². The Morgan fingerprint density at radius 2 is 1.05 bits per heavy atom. The van der Waals surface area contributed by atoms with Crippen molar-refractivity contribution in [3.8, 4) is 28.7 Å². The smallest absolute Gasteiger partial charge is 0.480 e. The molecular weight excluding hydrogens is 1260 g/mol.